The summed E-state index contributed by atoms with van der Waals surface area (Å²) in [6.45, 7) is 1.75. The van der Waals surface area contributed by atoms with Crippen LogP contribution in [-0.2, 0) is 22.3 Å². The number of aromatic nitrogens is 1. The predicted molar refractivity (Wildman–Crippen MR) is 145 cm³/mol. The topological polar surface area (TPSA) is 56.8 Å². The van der Waals surface area contributed by atoms with E-state index >= 15 is 0 Å². The molecule has 1 aromatic heterocycles. The molecular formula is C27H23Cl2F3N4O2S. The molecular weight excluding hydrogens is 572 g/mol. The molecule has 0 aliphatic carbocycles. The van der Waals surface area contributed by atoms with Gasteiger partial charge in [0.2, 0.25) is 11.8 Å². The molecule has 2 aliphatic rings. The number of nitrogens with zero attached hydrogens (tertiary/aromatic N) is 4. The van der Waals surface area contributed by atoms with E-state index in [0.717, 1.165) is 22.7 Å². The maximum atomic E-state index is 13.7. The van der Waals surface area contributed by atoms with Crippen LogP contribution in [0, 0.1) is 0 Å². The largest absolute Gasteiger partial charge is 0.417 e. The minimum atomic E-state index is -4.54. The average Bonchev–Trinajstić information content (AvgIpc) is 3.14. The molecule has 3 heterocycles. The maximum absolute atomic E-state index is 13.7. The van der Waals surface area contributed by atoms with Gasteiger partial charge < -0.3 is 4.90 Å². The first-order valence-electron chi connectivity index (χ1n) is 12.1. The van der Waals surface area contributed by atoms with E-state index in [1.807, 2.05) is 47.4 Å². The minimum Gasteiger partial charge on any atom is -0.353 e. The van der Waals surface area contributed by atoms with Crippen molar-refractivity contribution < 1.29 is 22.8 Å². The lowest BCUT2D eigenvalue weighted by Gasteiger charge is -2.39. The summed E-state index contributed by atoms with van der Waals surface area (Å²) in [4.78, 5) is 37.1. The second-order valence-electron chi connectivity index (χ2n) is 9.24. The zero-order valence-electron chi connectivity index (χ0n) is 20.4. The van der Waals surface area contributed by atoms with Crippen molar-refractivity contribution >= 4 is 52.6 Å². The number of imide groups is 1. The number of thioether (sulfide) groups is 1. The summed E-state index contributed by atoms with van der Waals surface area (Å²) in [5.74, 6) is -0.269. The lowest BCUT2D eigenvalue weighted by atomic mass is 10.1. The van der Waals surface area contributed by atoms with Crippen LogP contribution < -0.4 is 4.90 Å². The van der Waals surface area contributed by atoms with Crippen molar-refractivity contribution in [2.45, 2.75) is 28.9 Å². The average molecular weight is 595 g/mol. The van der Waals surface area contributed by atoms with Crippen molar-refractivity contribution in [3.63, 3.8) is 0 Å². The maximum Gasteiger partial charge on any atom is 0.417 e. The van der Waals surface area contributed by atoms with Crippen LogP contribution >= 0.6 is 35.0 Å². The summed E-state index contributed by atoms with van der Waals surface area (Å²) in [5, 5.41) is -0.181. The quantitative estimate of drug-likeness (QED) is 0.345. The standard InChI is InChI=1S/C27H23Cl2F3N4O2S/c28-19-6-8-20(9-7-19)39-23-22(25(37)36(26(23)38)16-17-4-2-1-3-5-17)34-10-12-35(13-11-34)24-21(29)14-18(15-33-24)27(30,31)32/h1-9,14-15,22-23H,10-13,16H2/t22-,23+/m1/s1. The number of carbonyl (C=O) groups is 2. The number of piperazine rings is 1. The van der Waals surface area contributed by atoms with Gasteiger partial charge in [-0.1, -0.05) is 53.5 Å². The van der Waals surface area contributed by atoms with E-state index in [-0.39, 0.29) is 29.2 Å². The zero-order chi connectivity index (χ0) is 27.7. The molecule has 0 saturated carbocycles. The van der Waals surface area contributed by atoms with E-state index in [2.05, 4.69) is 4.98 Å². The Bertz CT molecular complexity index is 1350. The fourth-order valence-electron chi connectivity index (χ4n) is 4.76. The number of hydrogen-bond donors (Lipinski definition) is 0. The first kappa shape index (κ1) is 27.8. The van der Waals surface area contributed by atoms with Gasteiger partial charge >= 0.3 is 6.18 Å². The van der Waals surface area contributed by atoms with Gasteiger partial charge in [-0.15, -0.1) is 11.8 Å². The van der Waals surface area contributed by atoms with E-state index in [1.54, 1.807) is 17.0 Å². The van der Waals surface area contributed by atoms with Crippen LogP contribution in [0.15, 0.2) is 71.8 Å². The zero-order valence-corrected chi connectivity index (χ0v) is 22.8. The molecule has 2 fully saturated rings. The molecule has 39 heavy (non-hydrogen) atoms. The Kier molecular flexibility index (Phi) is 8.09. The van der Waals surface area contributed by atoms with Crippen LogP contribution in [-0.4, -0.2) is 64.1 Å². The second kappa shape index (κ2) is 11.4. The number of benzene rings is 2. The van der Waals surface area contributed by atoms with Gasteiger partial charge in [0.05, 0.1) is 17.1 Å². The van der Waals surface area contributed by atoms with E-state index in [9.17, 15) is 22.8 Å². The third-order valence-electron chi connectivity index (χ3n) is 6.73. The summed E-state index contributed by atoms with van der Waals surface area (Å²) < 4.78 is 39.1. The molecule has 204 valence electrons. The third-order valence-corrected chi connectivity index (χ3v) is 8.52. The molecule has 12 heteroatoms. The number of pyridine rings is 1. The first-order valence-corrected chi connectivity index (χ1v) is 13.8. The fourth-order valence-corrected chi connectivity index (χ4v) is 6.40. The van der Waals surface area contributed by atoms with Gasteiger partial charge in [0.25, 0.3) is 0 Å². The van der Waals surface area contributed by atoms with E-state index in [4.69, 9.17) is 23.2 Å². The molecule has 0 unspecified atom stereocenters. The molecule has 2 atom stereocenters. The molecule has 2 aromatic carbocycles. The van der Waals surface area contributed by atoms with E-state index in [0.29, 0.717) is 31.2 Å². The van der Waals surface area contributed by atoms with Crippen LogP contribution in [0.3, 0.4) is 0 Å². The second-order valence-corrected chi connectivity index (χ2v) is 11.3. The lowest BCUT2D eigenvalue weighted by molar-refractivity contribution is -0.140. The summed E-state index contributed by atoms with van der Waals surface area (Å²) >= 11 is 13.5. The molecule has 2 aliphatic heterocycles. The highest BCUT2D eigenvalue weighted by Crippen LogP contribution is 2.37. The van der Waals surface area contributed by atoms with Crippen LogP contribution in [0.5, 0.6) is 0 Å². The first-order chi connectivity index (χ1) is 18.6. The number of halogens is 5. The Morgan fingerprint density at radius 3 is 2.21 bits per heavy atom. The molecule has 3 aromatic rings. The minimum absolute atomic E-state index is 0.0874. The van der Waals surface area contributed by atoms with E-state index < -0.39 is 23.0 Å². The highest BCUT2D eigenvalue weighted by atomic mass is 35.5. The number of likely N-dealkylation sites (tertiary alicyclic amines) is 1. The van der Waals surface area contributed by atoms with Gasteiger partial charge in [0, 0.05) is 42.3 Å². The fraction of sp³-hybridized carbons (Fsp3) is 0.296. The number of carbonyl (C=O) groups excluding carboxylic acids is 2. The highest BCUT2D eigenvalue weighted by molar-refractivity contribution is 8.00. The number of hydrogen-bond acceptors (Lipinski definition) is 6. The summed E-state index contributed by atoms with van der Waals surface area (Å²) in [6, 6.07) is 16.6. The molecule has 0 radical (unpaired) electrons. The van der Waals surface area contributed by atoms with Crippen molar-refractivity contribution in [3.8, 4) is 0 Å². The molecule has 2 amide bonds. The SMILES string of the molecule is O=C1[C@@H](Sc2ccc(Cl)cc2)[C@@H](N2CCN(c3ncc(C(F)(F)F)cc3Cl)CC2)C(=O)N1Cc1ccccc1. The summed E-state index contributed by atoms with van der Waals surface area (Å²) in [6.07, 6.45) is -3.77. The molecule has 0 N–H and O–H groups in total. The van der Waals surface area contributed by atoms with Gasteiger partial charge in [-0.05, 0) is 35.9 Å². The van der Waals surface area contributed by atoms with Crippen molar-refractivity contribution in [2.75, 3.05) is 31.1 Å². The van der Waals surface area contributed by atoms with Crippen molar-refractivity contribution in [1.82, 2.24) is 14.8 Å². The normalized spacial score (nSPS) is 20.6. The Morgan fingerprint density at radius 1 is 0.923 bits per heavy atom. The monoisotopic (exact) mass is 594 g/mol. The van der Waals surface area contributed by atoms with Crippen LogP contribution in [0.1, 0.15) is 11.1 Å². The van der Waals surface area contributed by atoms with E-state index in [1.165, 1.54) is 16.7 Å². The van der Waals surface area contributed by atoms with Crippen molar-refractivity contribution in [2.24, 2.45) is 0 Å². The summed E-state index contributed by atoms with van der Waals surface area (Å²) in [5.41, 5.74) is -0.0616. The van der Waals surface area contributed by atoms with Gasteiger partial charge in [0.1, 0.15) is 17.1 Å². The number of alkyl halides is 3. The Balaban J connectivity index is 1.35. The number of anilines is 1. The molecule has 6 nitrogen and oxygen atoms in total. The molecule has 0 spiro atoms. The number of rotatable bonds is 6. The van der Waals surface area contributed by atoms with Gasteiger partial charge in [0.15, 0.2) is 0 Å². The Hall–Kier alpha value is -2.79. The van der Waals surface area contributed by atoms with Gasteiger partial charge in [-0.2, -0.15) is 13.2 Å². The number of amides is 2. The molecule has 0 bridgehead atoms. The van der Waals surface area contributed by atoms with Crippen molar-refractivity contribution in [1.29, 1.82) is 0 Å². The smallest absolute Gasteiger partial charge is 0.353 e. The lowest BCUT2D eigenvalue weighted by Crippen LogP contribution is -2.55. The van der Waals surface area contributed by atoms with Crippen LogP contribution in [0.4, 0.5) is 19.0 Å². The molecule has 2 saturated heterocycles. The Labute approximate surface area is 237 Å². The summed E-state index contributed by atoms with van der Waals surface area (Å²) in [7, 11) is 0. The van der Waals surface area contributed by atoms with Gasteiger partial charge in [-0.25, -0.2) is 4.98 Å². The van der Waals surface area contributed by atoms with Crippen LogP contribution in [0.25, 0.3) is 0 Å². The van der Waals surface area contributed by atoms with Gasteiger partial charge in [-0.3, -0.25) is 19.4 Å². The highest BCUT2D eigenvalue weighted by Gasteiger charge is 2.51. The van der Waals surface area contributed by atoms with Crippen molar-refractivity contribution in [3.05, 3.63) is 88.0 Å². The third kappa shape index (κ3) is 6.04. The predicted octanol–water partition coefficient (Wildman–Crippen LogP) is 5.63. The van der Waals surface area contributed by atoms with Crippen LogP contribution in [0.2, 0.25) is 10.0 Å². The molecule has 5 rings (SSSR count). The Morgan fingerprint density at radius 2 is 1.59 bits per heavy atom.